The number of anilines is 1. The van der Waals surface area contributed by atoms with Crippen LogP contribution in [0.25, 0.3) is 0 Å². The van der Waals surface area contributed by atoms with E-state index in [0.717, 1.165) is 0 Å². The van der Waals surface area contributed by atoms with Gasteiger partial charge in [0.15, 0.2) is 5.82 Å². The Morgan fingerprint density at radius 1 is 1.39 bits per heavy atom. The number of aromatic nitrogens is 2. The molecule has 8 heteroatoms. The van der Waals surface area contributed by atoms with E-state index in [9.17, 15) is 8.42 Å². The maximum atomic E-state index is 12.1. The van der Waals surface area contributed by atoms with Gasteiger partial charge in [-0.1, -0.05) is 5.16 Å². The van der Waals surface area contributed by atoms with E-state index in [2.05, 4.69) is 30.8 Å². The van der Waals surface area contributed by atoms with Gasteiger partial charge in [-0.05, 0) is 41.9 Å². The average molecular weight is 332 g/mol. The van der Waals surface area contributed by atoms with E-state index in [4.69, 9.17) is 4.52 Å². The van der Waals surface area contributed by atoms with Crippen LogP contribution in [0, 0.1) is 13.8 Å². The van der Waals surface area contributed by atoms with E-state index >= 15 is 0 Å². The summed E-state index contributed by atoms with van der Waals surface area (Å²) in [6, 6.07) is 2.99. The molecule has 2 aromatic rings. The zero-order valence-electron chi connectivity index (χ0n) is 9.64. The van der Waals surface area contributed by atoms with Gasteiger partial charge in [0.05, 0.1) is 0 Å². The fraction of sp³-hybridized carbons (Fsp3) is 0.200. The molecule has 0 saturated heterocycles. The quantitative estimate of drug-likeness (QED) is 0.872. The first-order valence-electron chi connectivity index (χ1n) is 4.98. The lowest BCUT2D eigenvalue weighted by Gasteiger charge is -2.06. The molecule has 0 fully saturated rings. The Labute approximate surface area is 113 Å². The van der Waals surface area contributed by atoms with Crippen molar-refractivity contribution >= 4 is 31.8 Å². The first-order chi connectivity index (χ1) is 8.42. The molecule has 0 atom stereocenters. The van der Waals surface area contributed by atoms with E-state index in [1.807, 2.05) is 0 Å². The lowest BCUT2D eigenvalue weighted by molar-refractivity contribution is 0.399. The maximum absolute atomic E-state index is 12.1. The fourth-order valence-electron chi connectivity index (χ4n) is 1.27. The third-order valence-electron chi connectivity index (χ3n) is 2.40. The molecule has 0 radical (unpaired) electrons. The topological polar surface area (TPSA) is 85.1 Å². The zero-order chi connectivity index (χ0) is 13.3. The van der Waals surface area contributed by atoms with Gasteiger partial charge in [0.1, 0.15) is 15.3 Å². The van der Waals surface area contributed by atoms with Crippen LogP contribution in [0.1, 0.15) is 11.3 Å². The minimum absolute atomic E-state index is 0.0463. The van der Waals surface area contributed by atoms with Crippen molar-refractivity contribution in [1.29, 1.82) is 0 Å². The Morgan fingerprint density at radius 3 is 2.67 bits per heavy atom. The molecule has 2 aromatic heterocycles. The highest BCUT2D eigenvalue weighted by molar-refractivity contribution is 9.10. The molecule has 1 N–H and O–H groups in total. The number of rotatable bonds is 3. The highest BCUT2D eigenvalue weighted by atomic mass is 79.9. The van der Waals surface area contributed by atoms with E-state index < -0.39 is 10.0 Å². The fourth-order valence-corrected chi connectivity index (χ4v) is 3.24. The maximum Gasteiger partial charge on any atom is 0.265 e. The van der Waals surface area contributed by atoms with Gasteiger partial charge in [0, 0.05) is 11.8 Å². The van der Waals surface area contributed by atoms with E-state index in [-0.39, 0.29) is 15.3 Å². The molecule has 2 heterocycles. The van der Waals surface area contributed by atoms with Gasteiger partial charge in [0.25, 0.3) is 10.0 Å². The molecule has 2 rings (SSSR count). The largest absolute Gasteiger partial charge is 0.359 e. The van der Waals surface area contributed by atoms with Crippen molar-refractivity contribution in [3.63, 3.8) is 0 Å². The van der Waals surface area contributed by atoms with Gasteiger partial charge in [-0.15, -0.1) is 0 Å². The SMILES string of the molecule is Cc1onc(NS(=O)(=O)c2cccnc2Br)c1C. The van der Waals surface area contributed by atoms with Crippen LogP contribution in [0.4, 0.5) is 5.82 Å². The molecule has 0 aliphatic rings. The number of pyridine rings is 1. The summed E-state index contributed by atoms with van der Waals surface area (Å²) in [4.78, 5) is 3.91. The lowest BCUT2D eigenvalue weighted by Crippen LogP contribution is -2.14. The highest BCUT2D eigenvalue weighted by Crippen LogP contribution is 2.24. The number of halogens is 1. The molecule has 0 bridgehead atoms. The van der Waals surface area contributed by atoms with Gasteiger partial charge in [-0.3, -0.25) is 4.72 Å². The van der Waals surface area contributed by atoms with Crippen LogP contribution in [0.2, 0.25) is 0 Å². The molecule has 96 valence electrons. The lowest BCUT2D eigenvalue weighted by atomic mass is 10.3. The molecule has 18 heavy (non-hydrogen) atoms. The standard InChI is InChI=1S/C10H10BrN3O3S/c1-6-7(2)17-13-10(6)14-18(15,16)8-4-3-5-12-9(8)11/h3-5H,1-2H3,(H,13,14). The van der Waals surface area contributed by atoms with Crippen molar-refractivity contribution in [3.8, 4) is 0 Å². The zero-order valence-corrected chi connectivity index (χ0v) is 12.0. The van der Waals surface area contributed by atoms with Crippen molar-refractivity contribution in [2.24, 2.45) is 0 Å². The van der Waals surface area contributed by atoms with Crippen LogP contribution < -0.4 is 4.72 Å². The molecule has 6 nitrogen and oxygen atoms in total. The molecule has 0 spiro atoms. The van der Waals surface area contributed by atoms with Gasteiger partial charge in [0.2, 0.25) is 0 Å². The van der Waals surface area contributed by atoms with Crippen molar-refractivity contribution < 1.29 is 12.9 Å². The smallest absolute Gasteiger partial charge is 0.265 e. The molecule has 0 aromatic carbocycles. The third-order valence-corrected chi connectivity index (χ3v) is 4.67. The molecule has 0 saturated carbocycles. The third kappa shape index (κ3) is 2.39. The van der Waals surface area contributed by atoms with E-state index in [1.54, 1.807) is 19.9 Å². The highest BCUT2D eigenvalue weighted by Gasteiger charge is 2.21. The summed E-state index contributed by atoms with van der Waals surface area (Å²) in [7, 11) is -3.74. The second-order valence-corrected chi connectivity index (χ2v) is 6.01. The van der Waals surface area contributed by atoms with Gasteiger partial charge < -0.3 is 4.52 Å². The van der Waals surface area contributed by atoms with Crippen LogP contribution >= 0.6 is 15.9 Å². The van der Waals surface area contributed by atoms with Crippen molar-refractivity contribution in [2.75, 3.05) is 4.72 Å². The Hall–Kier alpha value is -1.41. The summed E-state index contributed by atoms with van der Waals surface area (Å²) in [6.07, 6.45) is 1.49. The summed E-state index contributed by atoms with van der Waals surface area (Å²) < 4.78 is 31.8. The number of nitrogens with zero attached hydrogens (tertiary/aromatic N) is 2. The summed E-state index contributed by atoms with van der Waals surface area (Å²) >= 11 is 3.10. The molecule has 0 aliphatic heterocycles. The summed E-state index contributed by atoms with van der Waals surface area (Å²) in [5.74, 6) is 0.751. The summed E-state index contributed by atoms with van der Waals surface area (Å²) in [6.45, 7) is 3.43. The van der Waals surface area contributed by atoms with Crippen molar-refractivity contribution in [2.45, 2.75) is 18.7 Å². The number of hydrogen-bond donors (Lipinski definition) is 1. The van der Waals surface area contributed by atoms with Crippen LogP contribution in [0.5, 0.6) is 0 Å². The second-order valence-electron chi connectivity index (χ2n) is 3.61. The predicted octanol–water partition coefficient (Wildman–Crippen LogP) is 2.25. The minimum Gasteiger partial charge on any atom is -0.359 e. The molecule has 0 aliphatic carbocycles. The van der Waals surface area contributed by atoms with Gasteiger partial charge in [-0.2, -0.15) is 0 Å². The second kappa shape index (κ2) is 4.69. The van der Waals surface area contributed by atoms with Crippen molar-refractivity contribution in [1.82, 2.24) is 10.1 Å². The number of hydrogen-bond acceptors (Lipinski definition) is 5. The monoisotopic (exact) mass is 331 g/mol. The Kier molecular flexibility index (Phi) is 3.40. The van der Waals surface area contributed by atoms with Gasteiger partial charge in [-0.25, -0.2) is 13.4 Å². The van der Waals surface area contributed by atoms with Crippen LogP contribution in [0.15, 0.2) is 32.4 Å². The van der Waals surface area contributed by atoms with Crippen LogP contribution in [-0.2, 0) is 10.0 Å². The average Bonchev–Trinajstić information content (AvgIpc) is 2.61. The molecular weight excluding hydrogens is 322 g/mol. The van der Waals surface area contributed by atoms with Crippen LogP contribution in [-0.4, -0.2) is 18.6 Å². The Balaban J connectivity index is 2.40. The first-order valence-corrected chi connectivity index (χ1v) is 7.25. The van der Waals surface area contributed by atoms with Crippen molar-refractivity contribution in [3.05, 3.63) is 34.3 Å². The normalized spacial score (nSPS) is 11.5. The molecule has 0 unspecified atom stereocenters. The molecular formula is C10H10BrN3O3S. The summed E-state index contributed by atoms with van der Waals surface area (Å²) in [5, 5.41) is 3.65. The molecule has 0 amide bonds. The van der Waals surface area contributed by atoms with E-state index in [1.165, 1.54) is 12.3 Å². The van der Waals surface area contributed by atoms with Crippen LogP contribution in [0.3, 0.4) is 0 Å². The van der Waals surface area contributed by atoms with Gasteiger partial charge >= 0.3 is 0 Å². The number of nitrogens with one attached hydrogen (secondary N) is 1. The predicted molar refractivity (Wildman–Crippen MR) is 68.7 cm³/mol. The number of sulfonamides is 1. The first kappa shape index (κ1) is 13.0. The Morgan fingerprint density at radius 2 is 2.11 bits per heavy atom. The Bertz CT molecular complexity index is 681. The summed E-state index contributed by atoms with van der Waals surface area (Å²) in [5.41, 5.74) is 0.651. The number of aryl methyl sites for hydroxylation is 1. The minimum atomic E-state index is -3.74. The van der Waals surface area contributed by atoms with E-state index in [0.29, 0.717) is 11.3 Å².